The molecule has 0 atom stereocenters. The Hall–Kier alpha value is -1.49. The average Bonchev–Trinajstić information content (AvgIpc) is 2.12. The van der Waals surface area contributed by atoms with Gasteiger partial charge in [0.05, 0.1) is 11.4 Å². The highest BCUT2D eigenvalue weighted by Crippen LogP contribution is 2.28. The van der Waals surface area contributed by atoms with Crippen molar-refractivity contribution in [3.05, 3.63) is 17.9 Å². The Labute approximate surface area is 88.6 Å². The highest BCUT2D eigenvalue weighted by molar-refractivity contribution is 5.70. The first-order valence-electron chi connectivity index (χ1n) is 4.62. The van der Waals surface area contributed by atoms with E-state index in [0.717, 1.165) is 6.54 Å². The molecule has 0 aliphatic carbocycles. The lowest BCUT2D eigenvalue weighted by atomic mass is 10.2. The maximum Gasteiger partial charge on any atom is 0.147 e. The van der Waals surface area contributed by atoms with E-state index < -0.39 is 5.82 Å². The van der Waals surface area contributed by atoms with Crippen molar-refractivity contribution >= 4 is 11.4 Å². The summed E-state index contributed by atoms with van der Waals surface area (Å²) >= 11 is 0. The van der Waals surface area contributed by atoms with E-state index in [0.29, 0.717) is 12.4 Å². The molecular weight excluding hydrogens is 197 g/mol. The molecule has 0 fully saturated rings. The van der Waals surface area contributed by atoms with Gasteiger partial charge in [0, 0.05) is 12.6 Å². The number of nitrogens with two attached hydrogens (primary N) is 2. The Bertz CT molecular complexity index is 342. The van der Waals surface area contributed by atoms with Crippen LogP contribution in [0.15, 0.2) is 12.1 Å². The summed E-state index contributed by atoms with van der Waals surface area (Å²) in [6.45, 7) is 1.18. The van der Waals surface area contributed by atoms with Crippen LogP contribution < -0.4 is 16.2 Å². The topological polar surface area (TPSA) is 64.5 Å². The summed E-state index contributed by atoms with van der Waals surface area (Å²) in [5.74, 6) is -0.143. The van der Waals surface area contributed by atoms with Gasteiger partial charge in [-0.1, -0.05) is 0 Å². The molecule has 0 saturated carbocycles. The predicted octanol–water partition coefficient (Wildman–Crippen LogP) is 0.931. The number of hydrogen-bond acceptors (Lipinski definition) is 4. The molecule has 1 aromatic rings. The summed E-state index contributed by atoms with van der Waals surface area (Å²) in [5.41, 5.74) is 11.6. The van der Waals surface area contributed by atoms with Crippen LogP contribution in [-0.2, 0) is 0 Å². The Kier molecular flexibility index (Phi) is 3.74. The third-order valence-electron chi connectivity index (χ3n) is 1.93. The van der Waals surface area contributed by atoms with E-state index in [9.17, 15) is 4.39 Å². The van der Waals surface area contributed by atoms with E-state index in [1.807, 2.05) is 19.0 Å². The largest absolute Gasteiger partial charge is 0.490 e. The lowest BCUT2D eigenvalue weighted by molar-refractivity contribution is 0.262. The summed E-state index contributed by atoms with van der Waals surface area (Å²) in [6.07, 6.45) is 0. The molecule has 0 bridgehead atoms. The molecule has 15 heavy (non-hydrogen) atoms. The number of ether oxygens (including phenoxy) is 1. The molecule has 0 aromatic heterocycles. The highest BCUT2D eigenvalue weighted by atomic mass is 19.1. The number of likely N-dealkylation sites (N-methyl/N-ethyl adjacent to an activating group) is 1. The molecule has 84 valence electrons. The molecule has 0 spiro atoms. The van der Waals surface area contributed by atoms with E-state index in [2.05, 4.69) is 0 Å². The van der Waals surface area contributed by atoms with Gasteiger partial charge >= 0.3 is 0 Å². The van der Waals surface area contributed by atoms with Crippen LogP contribution in [0.2, 0.25) is 0 Å². The van der Waals surface area contributed by atoms with Crippen molar-refractivity contribution in [1.29, 1.82) is 0 Å². The van der Waals surface area contributed by atoms with Crippen LogP contribution in [0.5, 0.6) is 5.75 Å². The van der Waals surface area contributed by atoms with E-state index in [1.165, 1.54) is 12.1 Å². The second-order valence-electron chi connectivity index (χ2n) is 3.56. The SMILES string of the molecule is CN(C)CCOc1cc(F)cc(N)c1N. The van der Waals surface area contributed by atoms with Crippen molar-refractivity contribution < 1.29 is 9.13 Å². The number of nitrogen functional groups attached to an aromatic ring is 2. The number of nitrogens with zero attached hydrogens (tertiary/aromatic N) is 1. The first-order chi connectivity index (χ1) is 7.00. The molecule has 4 nitrogen and oxygen atoms in total. The van der Waals surface area contributed by atoms with Crippen molar-refractivity contribution in [1.82, 2.24) is 4.90 Å². The van der Waals surface area contributed by atoms with Crippen LogP contribution in [-0.4, -0.2) is 32.1 Å². The Balaban J connectivity index is 2.68. The third kappa shape index (κ3) is 3.28. The van der Waals surface area contributed by atoms with Crippen molar-refractivity contribution in [2.24, 2.45) is 0 Å². The van der Waals surface area contributed by atoms with Gasteiger partial charge < -0.3 is 21.1 Å². The van der Waals surface area contributed by atoms with Crippen molar-refractivity contribution in [2.45, 2.75) is 0 Å². The van der Waals surface area contributed by atoms with E-state index in [4.69, 9.17) is 16.2 Å². The van der Waals surface area contributed by atoms with Crippen LogP contribution in [0.4, 0.5) is 15.8 Å². The smallest absolute Gasteiger partial charge is 0.147 e. The van der Waals surface area contributed by atoms with Gasteiger partial charge in [0.25, 0.3) is 0 Å². The normalized spacial score (nSPS) is 10.7. The summed E-state index contributed by atoms with van der Waals surface area (Å²) in [5, 5.41) is 0. The minimum atomic E-state index is -0.443. The molecule has 0 radical (unpaired) electrons. The molecule has 0 unspecified atom stereocenters. The quantitative estimate of drug-likeness (QED) is 0.730. The van der Waals surface area contributed by atoms with Crippen LogP contribution in [0.1, 0.15) is 0 Å². The molecule has 4 N–H and O–H groups in total. The number of hydrogen-bond donors (Lipinski definition) is 2. The van der Waals surface area contributed by atoms with Gasteiger partial charge in [0.2, 0.25) is 0 Å². The second-order valence-corrected chi connectivity index (χ2v) is 3.56. The van der Waals surface area contributed by atoms with Gasteiger partial charge in [-0.15, -0.1) is 0 Å². The zero-order chi connectivity index (χ0) is 11.4. The lowest BCUT2D eigenvalue weighted by Crippen LogP contribution is -2.19. The second kappa shape index (κ2) is 4.84. The van der Waals surface area contributed by atoms with Gasteiger partial charge in [-0.3, -0.25) is 0 Å². The van der Waals surface area contributed by atoms with E-state index in [-0.39, 0.29) is 11.4 Å². The van der Waals surface area contributed by atoms with Gasteiger partial charge in [0.15, 0.2) is 0 Å². The minimum Gasteiger partial charge on any atom is -0.490 e. The standard InChI is InChI=1S/C10H16FN3O/c1-14(2)3-4-15-9-6-7(11)5-8(12)10(9)13/h5-6H,3-4,12-13H2,1-2H3. The monoisotopic (exact) mass is 213 g/mol. The molecule has 0 saturated heterocycles. The number of halogens is 1. The summed E-state index contributed by atoms with van der Waals surface area (Å²) in [6, 6.07) is 2.41. The fourth-order valence-corrected chi connectivity index (χ4v) is 1.07. The van der Waals surface area contributed by atoms with E-state index >= 15 is 0 Å². The van der Waals surface area contributed by atoms with Crippen molar-refractivity contribution in [3.63, 3.8) is 0 Å². The Morgan fingerprint density at radius 3 is 2.60 bits per heavy atom. The molecule has 1 rings (SSSR count). The minimum absolute atomic E-state index is 0.204. The average molecular weight is 213 g/mol. The van der Waals surface area contributed by atoms with Crippen molar-refractivity contribution in [3.8, 4) is 5.75 Å². The fraction of sp³-hybridized carbons (Fsp3) is 0.400. The molecule has 0 amide bonds. The van der Waals surface area contributed by atoms with Gasteiger partial charge in [0.1, 0.15) is 18.2 Å². The Morgan fingerprint density at radius 1 is 1.33 bits per heavy atom. The zero-order valence-electron chi connectivity index (χ0n) is 8.96. The molecule has 5 heteroatoms. The molecule has 1 aromatic carbocycles. The molecule has 0 heterocycles. The van der Waals surface area contributed by atoms with Gasteiger partial charge in [-0.2, -0.15) is 0 Å². The fourth-order valence-electron chi connectivity index (χ4n) is 1.07. The molecule has 0 aliphatic rings. The highest BCUT2D eigenvalue weighted by Gasteiger charge is 2.07. The summed E-state index contributed by atoms with van der Waals surface area (Å²) in [7, 11) is 3.85. The van der Waals surface area contributed by atoms with Crippen LogP contribution in [0, 0.1) is 5.82 Å². The molecular formula is C10H16FN3O. The van der Waals surface area contributed by atoms with Crippen LogP contribution in [0.3, 0.4) is 0 Å². The van der Waals surface area contributed by atoms with E-state index in [1.54, 1.807) is 0 Å². The predicted molar refractivity (Wildman–Crippen MR) is 59.3 cm³/mol. The van der Waals surface area contributed by atoms with Gasteiger partial charge in [-0.25, -0.2) is 4.39 Å². The first kappa shape index (κ1) is 11.6. The Morgan fingerprint density at radius 2 is 2.00 bits per heavy atom. The maximum atomic E-state index is 13.0. The summed E-state index contributed by atoms with van der Waals surface area (Å²) < 4.78 is 18.3. The third-order valence-corrected chi connectivity index (χ3v) is 1.93. The van der Waals surface area contributed by atoms with Crippen molar-refractivity contribution in [2.75, 3.05) is 38.7 Å². The molecule has 0 aliphatic heterocycles. The number of rotatable bonds is 4. The number of anilines is 2. The summed E-state index contributed by atoms with van der Waals surface area (Å²) in [4.78, 5) is 1.96. The lowest BCUT2D eigenvalue weighted by Gasteiger charge is -2.13. The zero-order valence-corrected chi connectivity index (χ0v) is 8.96. The first-order valence-corrected chi connectivity index (χ1v) is 4.62. The van der Waals surface area contributed by atoms with Crippen LogP contribution >= 0.6 is 0 Å². The van der Waals surface area contributed by atoms with Gasteiger partial charge in [-0.05, 0) is 20.2 Å². The van der Waals surface area contributed by atoms with Crippen LogP contribution in [0.25, 0.3) is 0 Å². The maximum absolute atomic E-state index is 13.0. The number of benzene rings is 1.